The van der Waals surface area contributed by atoms with Gasteiger partial charge in [0.15, 0.2) is 23.3 Å². The molecule has 0 radical (unpaired) electrons. The number of unbranched alkanes of at least 4 members (excludes halogenated alkanes) is 9. The molecule has 148 valence electrons. The zero-order chi connectivity index (χ0) is 19.4. The lowest BCUT2D eigenvalue weighted by atomic mass is 10.1. The highest BCUT2D eigenvalue weighted by molar-refractivity contribution is 5.56. The van der Waals surface area contributed by atoms with Crippen molar-refractivity contribution in [1.82, 2.24) is 0 Å². The molecule has 0 aromatic heterocycles. The molecule has 1 aromatic carbocycles. The second-order valence-electron chi connectivity index (χ2n) is 6.23. The minimum Gasteiger partial charge on any atom is -0.391 e. The van der Waals surface area contributed by atoms with Gasteiger partial charge in [0, 0.05) is 6.21 Å². The third-order valence-corrected chi connectivity index (χ3v) is 4.10. The van der Waals surface area contributed by atoms with Gasteiger partial charge in [-0.25, -0.2) is 22.0 Å². The van der Waals surface area contributed by atoms with Crippen LogP contribution < -0.4 is 0 Å². The summed E-state index contributed by atoms with van der Waals surface area (Å²) in [4.78, 5) is 4.65. The van der Waals surface area contributed by atoms with Gasteiger partial charge in [0.05, 0.1) is 5.56 Å². The van der Waals surface area contributed by atoms with Gasteiger partial charge in [-0.05, 0) is 12.8 Å². The molecule has 0 heterocycles. The maximum absolute atomic E-state index is 13.4. The summed E-state index contributed by atoms with van der Waals surface area (Å²) in [5.41, 5.74) is -1.03. The molecule has 0 saturated heterocycles. The first kappa shape index (κ1) is 22.4. The van der Waals surface area contributed by atoms with E-state index in [1.165, 1.54) is 44.7 Å². The molecule has 0 aliphatic heterocycles. The van der Waals surface area contributed by atoms with Crippen molar-refractivity contribution in [3.63, 3.8) is 0 Å². The Hall–Kier alpha value is -1.66. The Morgan fingerprint density at radius 3 is 1.69 bits per heavy atom. The molecule has 0 aliphatic carbocycles. The van der Waals surface area contributed by atoms with Crippen LogP contribution in [0.25, 0.3) is 0 Å². The maximum atomic E-state index is 13.4. The van der Waals surface area contributed by atoms with E-state index in [1.54, 1.807) is 0 Å². The molecule has 0 fully saturated rings. The third kappa shape index (κ3) is 7.30. The van der Waals surface area contributed by atoms with Gasteiger partial charge in [-0.15, -0.1) is 0 Å². The van der Waals surface area contributed by atoms with Gasteiger partial charge in [0.25, 0.3) is 0 Å². The summed E-state index contributed by atoms with van der Waals surface area (Å²) in [5, 5.41) is 3.50. The standard InChI is InChI=1S/C19H26F5NO/c1-2-3-4-5-6-7-8-9-10-11-12-25-26-13-14-15(20)17(22)19(24)18(23)16(14)21/h12H,2-11,13H2,1H3/b25-12+. The summed E-state index contributed by atoms with van der Waals surface area (Å²) in [6.07, 6.45) is 12.7. The quantitative estimate of drug-likeness (QED) is 0.0922. The van der Waals surface area contributed by atoms with Crippen molar-refractivity contribution in [2.45, 2.75) is 77.7 Å². The van der Waals surface area contributed by atoms with Crippen LogP contribution in [-0.2, 0) is 11.4 Å². The van der Waals surface area contributed by atoms with Crippen LogP contribution in [0.3, 0.4) is 0 Å². The van der Waals surface area contributed by atoms with E-state index in [0.29, 0.717) is 6.42 Å². The predicted octanol–water partition coefficient (Wildman–Crippen LogP) is 6.81. The minimum absolute atomic E-state index is 0.632. The fourth-order valence-corrected chi connectivity index (χ4v) is 2.53. The van der Waals surface area contributed by atoms with Crippen LogP contribution in [0.1, 0.15) is 76.7 Å². The first-order valence-corrected chi connectivity index (χ1v) is 9.14. The van der Waals surface area contributed by atoms with Crippen molar-refractivity contribution in [2.75, 3.05) is 0 Å². The molecule has 0 unspecified atom stereocenters. The molecule has 0 N–H and O–H groups in total. The lowest BCUT2D eigenvalue weighted by Gasteiger charge is -2.06. The zero-order valence-corrected chi connectivity index (χ0v) is 15.1. The minimum atomic E-state index is -2.18. The van der Waals surface area contributed by atoms with E-state index in [1.807, 2.05) is 0 Å². The van der Waals surface area contributed by atoms with E-state index >= 15 is 0 Å². The van der Waals surface area contributed by atoms with Crippen LogP contribution >= 0.6 is 0 Å². The molecule has 0 atom stereocenters. The van der Waals surface area contributed by atoms with Crippen LogP contribution in [0, 0.1) is 29.1 Å². The van der Waals surface area contributed by atoms with Crippen molar-refractivity contribution in [3.8, 4) is 0 Å². The van der Waals surface area contributed by atoms with Crippen LogP contribution in [0.2, 0.25) is 0 Å². The SMILES string of the molecule is CCCCCCCCCCC/C=N/OCc1c(F)c(F)c(F)c(F)c1F. The lowest BCUT2D eigenvalue weighted by Crippen LogP contribution is -2.07. The molecule has 0 bridgehead atoms. The average molecular weight is 379 g/mol. The summed E-state index contributed by atoms with van der Waals surface area (Å²) >= 11 is 0. The highest BCUT2D eigenvalue weighted by Crippen LogP contribution is 2.23. The Kier molecular flexibility index (Phi) is 10.9. The number of hydrogen-bond donors (Lipinski definition) is 0. The molecular weight excluding hydrogens is 353 g/mol. The first-order chi connectivity index (χ1) is 12.5. The number of oxime groups is 1. The summed E-state index contributed by atoms with van der Waals surface area (Å²) < 4.78 is 65.7. The van der Waals surface area contributed by atoms with Gasteiger partial charge in [0.2, 0.25) is 5.82 Å². The summed E-state index contributed by atoms with van der Waals surface area (Å²) in [7, 11) is 0. The van der Waals surface area contributed by atoms with Gasteiger partial charge in [0.1, 0.15) is 6.61 Å². The smallest absolute Gasteiger partial charge is 0.200 e. The van der Waals surface area contributed by atoms with Crippen molar-refractivity contribution in [1.29, 1.82) is 0 Å². The number of nitrogens with zero attached hydrogens (tertiary/aromatic N) is 1. The Balaban J connectivity index is 2.19. The molecule has 0 spiro atoms. The van der Waals surface area contributed by atoms with Crippen LogP contribution in [0.15, 0.2) is 5.16 Å². The Labute approximate surface area is 151 Å². The Morgan fingerprint density at radius 2 is 1.15 bits per heavy atom. The molecule has 7 heteroatoms. The van der Waals surface area contributed by atoms with Crippen molar-refractivity contribution in [2.24, 2.45) is 5.16 Å². The summed E-state index contributed by atoms with van der Waals surface area (Å²) in [6.45, 7) is 1.37. The fraction of sp³-hybridized carbons (Fsp3) is 0.632. The summed E-state index contributed by atoms with van der Waals surface area (Å²) in [5.74, 6) is -9.94. The molecule has 2 nitrogen and oxygen atoms in total. The topological polar surface area (TPSA) is 21.6 Å². The van der Waals surface area contributed by atoms with Gasteiger partial charge in [-0.1, -0.05) is 63.4 Å². The van der Waals surface area contributed by atoms with E-state index in [9.17, 15) is 22.0 Å². The predicted molar refractivity (Wildman–Crippen MR) is 91.4 cm³/mol. The van der Waals surface area contributed by atoms with Crippen molar-refractivity contribution < 1.29 is 26.8 Å². The average Bonchev–Trinajstić information content (AvgIpc) is 2.64. The second kappa shape index (κ2) is 12.7. The fourth-order valence-electron chi connectivity index (χ4n) is 2.53. The Bertz CT molecular complexity index is 549. The monoisotopic (exact) mass is 379 g/mol. The van der Waals surface area contributed by atoms with Gasteiger partial charge >= 0.3 is 0 Å². The van der Waals surface area contributed by atoms with E-state index in [-0.39, 0.29) is 0 Å². The first-order valence-electron chi connectivity index (χ1n) is 9.14. The number of halogens is 5. The van der Waals surface area contributed by atoms with Crippen molar-refractivity contribution >= 4 is 6.21 Å². The van der Waals surface area contributed by atoms with Crippen molar-refractivity contribution in [3.05, 3.63) is 34.6 Å². The zero-order valence-electron chi connectivity index (χ0n) is 15.1. The van der Waals surface area contributed by atoms with E-state index in [0.717, 1.165) is 19.3 Å². The third-order valence-electron chi connectivity index (χ3n) is 4.10. The molecule has 0 saturated carbocycles. The largest absolute Gasteiger partial charge is 0.391 e. The lowest BCUT2D eigenvalue weighted by molar-refractivity contribution is 0.124. The van der Waals surface area contributed by atoms with Gasteiger partial charge < -0.3 is 4.84 Å². The molecule has 0 amide bonds. The van der Waals surface area contributed by atoms with Crippen LogP contribution in [0.5, 0.6) is 0 Å². The van der Waals surface area contributed by atoms with E-state index < -0.39 is 41.3 Å². The summed E-state index contributed by atoms with van der Waals surface area (Å²) in [6, 6.07) is 0. The second-order valence-corrected chi connectivity index (χ2v) is 6.23. The van der Waals surface area contributed by atoms with Gasteiger partial charge in [-0.3, -0.25) is 0 Å². The normalized spacial score (nSPS) is 11.5. The van der Waals surface area contributed by atoms with Crippen LogP contribution in [-0.4, -0.2) is 6.21 Å². The number of benzene rings is 1. The Morgan fingerprint density at radius 1 is 0.692 bits per heavy atom. The molecule has 0 aliphatic rings. The van der Waals surface area contributed by atoms with Crippen LogP contribution in [0.4, 0.5) is 22.0 Å². The maximum Gasteiger partial charge on any atom is 0.200 e. The van der Waals surface area contributed by atoms with Gasteiger partial charge in [-0.2, -0.15) is 0 Å². The van der Waals surface area contributed by atoms with E-state index in [2.05, 4.69) is 16.9 Å². The number of rotatable bonds is 13. The molecule has 1 rings (SSSR count). The van der Waals surface area contributed by atoms with E-state index in [4.69, 9.17) is 0 Å². The molecule has 26 heavy (non-hydrogen) atoms. The number of hydrogen-bond acceptors (Lipinski definition) is 2. The highest BCUT2D eigenvalue weighted by Gasteiger charge is 2.25. The highest BCUT2D eigenvalue weighted by atomic mass is 19.2. The molecule has 1 aromatic rings. The molecular formula is C19H26F5NO.